The number of ether oxygens (including phenoxy) is 1. The Hall–Kier alpha value is -3.41. The highest BCUT2D eigenvalue weighted by atomic mass is 16.5. The predicted octanol–water partition coefficient (Wildman–Crippen LogP) is 4.32. The molecule has 2 aromatic carbocycles. The van der Waals surface area contributed by atoms with Gasteiger partial charge in [0, 0.05) is 36.3 Å². The van der Waals surface area contributed by atoms with Gasteiger partial charge in [0.2, 0.25) is 5.91 Å². The first-order chi connectivity index (χ1) is 14.6. The third-order valence-corrected chi connectivity index (χ3v) is 5.49. The fourth-order valence-electron chi connectivity index (χ4n) is 3.77. The zero-order valence-corrected chi connectivity index (χ0v) is 17.3. The van der Waals surface area contributed by atoms with Gasteiger partial charge in [-0.15, -0.1) is 10.2 Å². The fraction of sp³-hybridized carbons (Fsp3) is 0.292. The molecule has 1 aliphatic rings. The second-order valence-electron chi connectivity index (χ2n) is 7.63. The quantitative estimate of drug-likeness (QED) is 0.689. The first-order valence-electron chi connectivity index (χ1n) is 10.2. The van der Waals surface area contributed by atoms with Crippen molar-refractivity contribution in [1.82, 2.24) is 10.2 Å². The van der Waals surface area contributed by atoms with E-state index in [1.54, 1.807) is 7.11 Å². The molecule has 0 aliphatic carbocycles. The summed E-state index contributed by atoms with van der Waals surface area (Å²) in [5.74, 6) is 1.64. The number of hydrogen-bond acceptors (Lipinski definition) is 5. The van der Waals surface area contributed by atoms with Gasteiger partial charge < -0.3 is 15.0 Å². The molecule has 0 unspecified atom stereocenters. The molecule has 1 saturated heterocycles. The van der Waals surface area contributed by atoms with E-state index in [1.165, 1.54) is 5.56 Å². The largest absolute Gasteiger partial charge is 0.497 e. The number of amides is 1. The molecule has 1 aromatic heterocycles. The minimum atomic E-state index is -0.00743. The van der Waals surface area contributed by atoms with Gasteiger partial charge in [0.25, 0.3) is 0 Å². The molecule has 1 fully saturated rings. The summed E-state index contributed by atoms with van der Waals surface area (Å²) in [5, 5.41) is 11.8. The van der Waals surface area contributed by atoms with Gasteiger partial charge >= 0.3 is 0 Å². The normalized spacial score (nSPS) is 14.4. The average Bonchev–Trinajstić information content (AvgIpc) is 2.79. The van der Waals surface area contributed by atoms with Crippen LogP contribution in [0.2, 0.25) is 0 Å². The number of benzene rings is 2. The summed E-state index contributed by atoms with van der Waals surface area (Å²) in [6.45, 7) is 3.64. The molecule has 0 spiro atoms. The monoisotopic (exact) mass is 402 g/mol. The van der Waals surface area contributed by atoms with Crippen molar-refractivity contribution in [3.05, 3.63) is 66.2 Å². The standard InChI is InChI=1S/C24H26N4O2/c1-17-5-3-6-19(15-17)22-9-10-23(27-26-22)28-13-11-18(12-14-28)24(29)25-20-7-4-8-21(16-20)30-2/h3-10,15-16,18H,11-14H2,1-2H3,(H,25,29). The van der Waals surface area contributed by atoms with Crippen molar-refractivity contribution in [2.24, 2.45) is 5.92 Å². The van der Waals surface area contributed by atoms with Crippen molar-refractivity contribution in [3.8, 4) is 17.0 Å². The van der Waals surface area contributed by atoms with E-state index < -0.39 is 0 Å². The second-order valence-corrected chi connectivity index (χ2v) is 7.63. The van der Waals surface area contributed by atoms with Crippen LogP contribution >= 0.6 is 0 Å². The zero-order chi connectivity index (χ0) is 20.9. The number of hydrogen-bond donors (Lipinski definition) is 1. The Morgan fingerprint density at radius 1 is 1.03 bits per heavy atom. The Labute approximate surface area is 176 Å². The lowest BCUT2D eigenvalue weighted by Gasteiger charge is -2.31. The van der Waals surface area contributed by atoms with Gasteiger partial charge in [0.1, 0.15) is 5.75 Å². The van der Waals surface area contributed by atoms with Crippen LogP contribution in [0.3, 0.4) is 0 Å². The molecule has 1 amide bonds. The van der Waals surface area contributed by atoms with Crippen molar-refractivity contribution in [3.63, 3.8) is 0 Å². The van der Waals surface area contributed by atoms with Crippen LogP contribution in [0.4, 0.5) is 11.5 Å². The molecule has 154 valence electrons. The SMILES string of the molecule is COc1cccc(NC(=O)C2CCN(c3ccc(-c4cccc(C)c4)nn3)CC2)c1. The van der Waals surface area contributed by atoms with E-state index >= 15 is 0 Å². The van der Waals surface area contributed by atoms with Gasteiger partial charge in [-0.25, -0.2) is 0 Å². The van der Waals surface area contributed by atoms with Gasteiger partial charge in [-0.05, 0) is 50.1 Å². The van der Waals surface area contributed by atoms with E-state index in [2.05, 4.69) is 39.5 Å². The van der Waals surface area contributed by atoms with E-state index in [9.17, 15) is 4.79 Å². The third kappa shape index (κ3) is 4.59. The summed E-state index contributed by atoms with van der Waals surface area (Å²) in [5.41, 5.74) is 3.91. The molecule has 6 heteroatoms. The van der Waals surface area contributed by atoms with Crippen LogP contribution in [-0.2, 0) is 4.79 Å². The van der Waals surface area contributed by atoms with E-state index in [-0.39, 0.29) is 11.8 Å². The topological polar surface area (TPSA) is 67.3 Å². The Morgan fingerprint density at radius 3 is 2.53 bits per heavy atom. The molecule has 0 radical (unpaired) electrons. The molecule has 0 saturated carbocycles. The molecule has 4 rings (SSSR count). The van der Waals surface area contributed by atoms with Crippen molar-refractivity contribution < 1.29 is 9.53 Å². The number of carbonyl (C=O) groups excluding carboxylic acids is 1. The summed E-state index contributed by atoms with van der Waals surface area (Å²) >= 11 is 0. The number of nitrogens with zero attached hydrogens (tertiary/aromatic N) is 3. The lowest BCUT2D eigenvalue weighted by Crippen LogP contribution is -2.38. The molecule has 0 bridgehead atoms. The van der Waals surface area contributed by atoms with Gasteiger partial charge in [-0.1, -0.05) is 29.8 Å². The molecule has 3 aromatic rings. The van der Waals surface area contributed by atoms with Crippen molar-refractivity contribution in [1.29, 1.82) is 0 Å². The Morgan fingerprint density at radius 2 is 1.83 bits per heavy atom. The van der Waals surface area contributed by atoms with Crippen LogP contribution in [0.25, 0.3) is 11.3 Å². The molecule has 6 nitrogen and oxygen atoms in total. The second kappa shape index (κ2) is 8.95. The summed E-state index contributed by atoms with van der Waals surface area (Å²) in [7, 11) is 1.62. The minimum Gasteiger partial charge on any atom is -0.497 e. The Balaban J connectivity index is 1.34. The van der Waals surface area contributed by atoms with Crippen LogP contribution in [0.5, 0.6) is 5.75 Å². The van der Waals surface area contributed by atoms with Gasteiger partial charge in [-0.2, -0.15) is 0 Å². The summed E-state index contributed by atoms with van der Waals surface area (Å²) < 4.78 is 5.22. The average molecular weight is 402 g/mol. The maximum Gasteiger partial charge on any atom is 0.227 e. The molecular weight excluding hydrogens is 376 g/mol. The molecule has 1 N–H and O–H groups in total. The number of nitrogens with one attached hydrogen (secondary N) is 1. The first kappa shape index (κ1) is 19.9. The Bertz CT molecular complexity index is 1010. The van der Waals surface area contributed by atoms with Crippen LogP contribution < -0.4 is 15.0 Å². The predicted molar refractivity (Wildman–Crippen MR) is 119 cm³/mol. The Kier molecular flexibility index (Phi) is 5.93. The lowest BCUT2D eigenvalue weighted by molar-refractivity contribution is -0.120. The van der Waals surface area contributed by atoms with Crippen LogP contribution in [0.1, 0.15) is 18.4 Å². The lowest BCUT2D eigenvalue weighted by atomic mass is 9.95. The number of aromatic nitrogens is 2. The number of methoxy groups -OCH3 is 1. The highest BCUT2D eigenvalue weighted by molar-refractivity contribution is 5.92. The molecular formula is C24H26N4O2. The number of piperidine rings is 1. The molecule has 2 heterocycles. The third-order valence-electron chi connectivity index (χ3n) is 5.49. The molecule has 30 heavy (non-hydrogen) atoms. The molecule has 1 aliphatic heterocycles. The maximum atomic E-state index is 12.6. The van der Waals surface area contributed by atoms with Crippen molar-refractivity contribution >= 4 is 17.4 Å². The first-order valence-corrected chi connectivity index (χ1v) is 10.2. The van der Waals surface area contributed by atoms with E-state index in [0.717, 1.165) is 54.4 Å². The van der Waals surface area contributed by atoms with Crippen molar-refractivity contribution in [2.75, 3.05) is 30.4 Å². The van der Waals surface area contributed by atoms with Crippen LogP contribution in [0.15, 0.2) is 60.7 Å². The highest BCUT2D eigenvalue weighted by Crippen LogP contribution is 2.25. The van der Waals surface area contributed by atoms with E-state index in [4.69, 9.17) is 4.74 Å². The van der Waals surface area contributed by atoms with Crippen LogP contribution in [0, 0.1) is 12.8 Å². The number of anilines is 2. The minimum absolute atomic E-state index is 0.00743. The van der Waals surface area contributed by atoms with Gasteiger partial charge in [0.15, 0.2) is 5.82 Å². The summed E-state index contributed by atoms with van der Waals surface area (Å²) in [6.07, 6.45) is 1.58. The van der Waals surface area contributed by atoms with Gasteiger partial charge in [-0.3, -0.25) is 4.79 Å². The maximum absolute atomic E-state index is 12.6. The summed E-state index contributed by atoms with van der Waals surface area (Å²) in [4.78, 5) is 14.8. The van der Waals surface area contributed by atoms with E-state index in [1.807, 2.05) is 48.5 Å². The van der Waals surface area contributed by atoms with Gasteiger partial charge in [0.05, 0.1) is 12.8 Å². The molecule has 0 atom stereocenters. The fourth-order valence-corrected chi connectivity index (χ4v) is 3.77. The van der Waals surface area contributed by atoms with Crippen LogP contribution in [-0.4, -0.2) is 36.3 Å². The zero-order valence-electron chi connectivity index (χ0n) is 17.3. The number of aryl methyl sites for hydroxylation is 1. The number of carbonyl (C=O) groups is 1. The smallest absolute Gasteiger partial charge is 0.227 e. The highest BCUT2D eigenvalue weighted by Gasteiger charge is 2.26. The number of rotatable bonds is 5. The van der Waals surface area contributed by atoms with E-state index in [0.29, 0.717) is 0 Å². The summed E-state index contributed by atoms with van der Waals surface area (Å²) in [6, 6.07) is 19.7. The van der Waals surface area contributed by atoms with Crippen molar-refractivity contribution in [2.45, 2.75) is 19.8 Å².